The number of rotatable bonds is 3. The van der Waals surface area contributed by atoms with Crippen LogP contribution in [0.2, 0.25) is 0 Å². The molecule has 0 saturated carbocycles. The summed E-state index contributed by atoms with van der Waals surface area (Å²) in [4.78, 5) is 26.7. The number of hydrogen-bond donors (Lipinski definition) is 2. The number of anilines is 1. The van der Waals surface area contributed by atoms with Gasteiger partial charge in [0.15, 0.2) is 5.78 Å². The van der Waals surface area contributed by atoms with Gasteiger partial charge in [0.1, 0.15) is 5.82 Å². The van der Waals surface area contributed by atoms with Crippen molar-refractivity contribution < 1.29 is 14.0 Å². The minimum absolute atomic E-state index is 0.0755. The summed E-state index contributed by atoms with van der Waals surface area (Å²) in [5.41, 5.74) is 5.20. The molecule has 0 radical (unpaired) electrons. The van der Waals surface area contributed by atoms with Crippen molar-refractivity contribution in [2.75, 3.05) is 5.32 Å². The highest BCUT2D eigenvalue weighted by Gasteiger charge is 2.43. The molecule has 0 aromatic heterocycles. The third-order valence-electron chi connectivity index (χ3n) is 6.09. The van der Waals surface area contributed by atoms with E-state index in [1.165, 1.54) is 24.3 Å². The van der Waals surface area contributed by atoms with Crippen LogP contribution in [0, 0.1) is 18.2 Å². The van der Waals surface area contributed by atoms with Crippen LogP contribution in [0.25, 0.3) is 0 Å². The summed E-state index contributed by atoms with van der Waals surface area (Å²) in [6.07, 6.45) is 1.20. The van der Waals surface area contributed by atoms with E-state index in [2.05, 4.69) is 24.5 Å². The van der Waals surface area contributed by atoms with Crippen molar-refractivity contribution >= 4 is 17.4 Å². The number of amides is 1. The largest absolute Gasteiger partial charge is 0.362 e. The average molecular weight is 419 g/mol. The summed E-state index contributed by atoms with van der Waals surface area (Å²) in [6, 6.07) is 13.6. The van der Waals surface area contributed by atoms with Crippen molar-refractivity contribution in [1.29, 1.82) is 0 Å². The molecule has 0 spiro atoms. The average Bonchev–Trinajstić information content (AvgIpc) is 2.68. The van der Waals surface area contributed by atoms with Crippen molar-refractivity contribution in [2.24, 2.45) is 5.41 Å². The third kappa shape index (κ3) is 4.05. The van der Waals surface area contributed by atoms with Crippen LogP contribution in [-0.2, 0) is 9.59 Å². The van der Waals surface area contributed by atoms with E-state index >= 15 is 0 Å². The van der Waals surface area contributed by atoms with Crippen molar-refractivity contribution in [3.8, 4) is 0 Å². The lowest BCUT2D eigenvalue weighted by Gasteiger charge is -2.40. The second-order valence-corrected chi connectivity index (χ2v) is 9.25. The Morgan fingerprint density at radius 1 is 1.06 bits per heavy atom. The Balaban J connectivity index is 1.81. The lowest BCUT2D eigenvalue weighted by Crippen LogP contribution is -2.39. The van der Waals surface area contributed by atoms with Crippen LogP contribution in [0.3, 0.4) is 0 Å². The SMILES string of the molecule is CC1=C(C(=O)Nc2ccc(F)cc2)C(c2ccccc2C)C2=C(CC(C)(C)CC2=O)N1. The normalized spacial score (nSPS) is 20.3. The van der Waals surface area contributed by atoms with Gasteiger partial charge in [-0.3, -0.25) is 9.59 Å². The van der Waals surface area contributed by atoms with E-state index in [1.807, 2.05) is 38.1 Å². The fourth-order valence-electron chi connectivity index (χ4n) is 4.69. The van der Waals surface area contributed by atoms with Crippen LogP contribution in [0.15, 0.2) is 71.1 Å². The summed E-state index contributed by atoms with van der Waals surface area (Å²) in [6.45, 7) is 8.06. The highest BCUT2D eigenvalue weighted by molar-refractivity contribution is 6.10. The summed E-state index contributed by atoms with van der Waals surface area (Å²) in [5.74, 6) is -1.03. The smallest absolute Gasteiger partial charge is 0.254 e. The molecule has 0 saturated heterocycles. The minimum Gasteiger partial charge on any atom is -0.362 e. The van der Waals surface area contributed by atoms with E-state index in [0.29, 0.717) is 23.3 Å². The van der Waals surface area contributed by atoms with E-state index in [1.54, 1.807) is 0 Å². The molecule has 0 bridgehead atoms. The van der Waals surface area contributed by atoms with Gasteiger partial charge in [0.25, 0.3) is 5.91 Å². The number of carbonyl (C=O) groups is 2. The number of Topliss-reactive ketones (excluding diaryl/α,β-unsaturated/α-hetero) is 1. The Kier molecular flexibility index (Phi) is 5.29. The van der Waals surface area contributed by atoms with E-state index in [9.17, 15) is 14.0 Å². The topological polar surface area (TPSA) is 58.2 Å². The molecular weight excluding hydrogens is 391 g/mol. The molecule has 2 aliphatic rings. The van der Waals surface area contributed by atoms with Crippen LogP contribution >= 0.6 is 0 Å². The maximum atomic E-state index is 13.4. The van der Waals surface area contributed by atoms with Gasteiger partial charge in [0.05, 0.1) is 0 Å². The number of ketones is 1. The van der Waals surface area contributed by atoms with Crippen molar-refractivity contribution in [1.82, 2.24) is 5.32 Å². The van der Waals surface area contributed by atoms with Crippen LogP contribution in [0.1, 0.15) is 50.7 Å². The molecule has 4 rings (SSSR count). The molecule has 0 fully saturated rings. The Hall–Kier alpha value is -3.21. The second kappa shape index (κ2) is 7.80. The fourth-order valence-corrected chi connectivity index (χ4v) is 4.69. The minimum atomic E-state index is -0.443. The third-order valence-corrected chi connectivity index (χ3v) is 6.09. The zero-order valence-corrected chi connectivity index (χ0v) is 18.3. The number of aryl methyl sites for hydroxylation is 1. The van der Waals surface area contributed by atoms with Crippen molar-refractivity contribution in [3.05, 3.63) is 88.0 Å². The standard InChI is InChI=1S/C26H27FN2O2/c1-15-7-5-6-8-19(15)23-22(25(31)29-18-11-9-17(27)10-12-18)16(2)28-20-13-26(3,4)14-21(30)24(20)23/h5-12,23,28H,13-14H2,1-4H3,(H,29,31). The zero-order chi connectivity index (χ0) is 22.3. The maximum Gasteiger partial charge on any atom is 0.254 e. The summed E-state index contributed by atoms with van der Waals surface area (Å²) >= 11 is 0. The lowest BCUT2D eigenvalue weighted by molar-refractivity contribution is -0.118. The molecule has 1 aliphatic heterocycles. The number of dihydropyridines is 1. The van der Waals surface area contributed by atoms with E-state index < -0.39 is 5.92 Å². The molecule has 1 atom stereocenters. The molecule has 31 heavy (non-hydrogen) atoms. The van der Waals surface area contributed by atoms with Gasteiger partial charge in [0, 0.05) is 40.6 Å². The molecule has 1 amide bonds. The zero-order valence-electron chi connectivity index (χ0n) is 18.3. The van der Waals surface area contributed by atoms with E-state index in [-0.39, 0.29) is 22.9 Å². The summed E-state index contributed by atoms with van der Waals surface area (Å²) < 4.78 is 13.3. The number of hydrogen-bond acceptors (Lipinski definition) is 3. The van der Waals surface area contributed by atoms with E-state index in [0.717, 1.165) is 28.9 Å². The van der Waals surface area contributed by atoms with Crippen molar-refractivity contribution in [2.45, 2.75) is 46.5 Å². The molecule has 5 heteroatoms. The maximum absolute atomic E-state index is 13.4. The number of carbonyl (C=O) groups excluding carboxylic acids is 2. The van der Waals surface area contributed by atoms with Gasteiger partial charge in [-0.05, 0) is 61.1 Å². The first kappa shape index (κ1) is 21.0. The van der Waals surface area contributed by atoms with Gasteiger partial charge < -0.3 is 10.6 Å². The number of halogens is 1. The second-order valence-electron chi connectivity index (χ2n) is 9.25. The Morgan fingerprint density at radius 2 is 1.74 bits per heavy atom. The molecule has 1 heterocycles. The molecule has 4 nitrogen and oxygen atoms in total. The molecule has 2 aromatic rings. The Bertz CT molecular complexity index is 1130. The number of nitrogens with one attached hydrogen (secondary N) is 2. The molecular formula is C26H27FN2O2. The molecule has 2 N–H and O–H groups in total. The first-order chi connectivity index (χ1) is 14.7. The fraction of sp³-hybridized carbons (Fsp3) is 0.308. The first-order valence-electron chi connectivity index (χ1n) is 10.5. The predicted octanol–water partition coefficient (Wildman–Crippen LogP) is 5.38. The van der Waals surface area contributed by atoms with Gasteiger partial charge >= 0.3 is 0 Å². The monoisotopic (exact) mass is 418 g/mol. The number of benzene rings is 2. The van der Waals surface area contributed by atoms with Gasteiger partial charge in [-0.1, -0.05) is 38.1 Å². The van der Waals surface area contributed by atoms with Crippen LogP contribution < -0.4 is 10.6 Å². The van der Waals surface area contributed by atoms with Gasteiger partial charge in [-0.2, -0.15) is 0 Å². The quantitative estimate of drug-likeness (QED) is 0.704. The van der Waals surface area contributed by atoms with Crippen molar-refractivity contribution in [3.63, 3.8) is 0 Å². The van der Waals surface area contributed by atoms with Crippen LogP contribution in [0.4, 0.5) is 10.1 Å². The first-order valence-corrected chi connectivity index (χ1v) is 10.5. The highest BCUT2D eigenvalue weighted by atomic mass is 19.1. The molecule has 1 unspecified atom stereocenters. The van der Waals surface area contributed by atoms with Gasteiger partial charge in [-0.15, -0.1) is 0 Å². The van der Waals surface area contributed by atoms with Crippen LogP contribution in [-0.4, -0.2) is 11.7 Å². The Morgan fingerprint density at radius 3 is 2.42 bits per heavy atom. The summed E-state index contributed by atoms with van der Waals surface area (Å²) in [5, 5.41) is 6.24. The molecule has 2 aromatic carbocycles. The van der Waals surface area contributed by atoms with Gasteiger partial charge in [-0.25, -0.2) is 4.39 Å². The molecule has 160 valence electrons. The van der Waals surface area contributed by atoms with Crippen LogP contribution in [0.5, 0.6) is 0 Å². The highest BCUT2D eigenvalue weighted by Crippen LogP contribution is 2.47. The number of allylic oxidation sites excluding steroid dienone is 3. The Labute approximate surface area is 182 Å². The predicted molar refractivity (Wildman–Crippen MR) is 120 cm³/mol. The van der Waals surface area contributed by atoms with Gasteiger partial charge in [0.2, 0.25) is 0 Å². The summed E-state index contributed by atoms with van der Waals surface area (Å²) in [7, 11) is 0. The van der Waals surface area contributed by atoms with E-state index in [4.69, 9.17) is 0 Å². The molecule has 1 aliphatic carbocycles. The lowest BCUT2D eigenvalue weighted by atomic mass is 9.68.